The van der Waals surface area contributed by atoms with Gasteiger partial charge in [0.2, 0.25) is 0 Å². The summed E-state index contributed by atoms with van der Waals surface area (Å²) in [6.45, 7) is 2.46. The van der Waals surface area contributed by atoms with Crippen LogP contribution in [0.4, 0.5) is 0 Å². The maximum Gasteiger partial charge on any atom is 0.290 e. The van der Waals surface area contributed by atoms with Crippen LogP contribution in [0.25, 0.3) is 10.9 Å². The van der Waals surface area contributed by atoms with E-state index in [1.54, 1.807) is 4.90 Å². The molecule has 5 nitrogen and oxygen atoms in total. The van der Waals surface area contributed by atoms with Crippen molar-refractivity contribution < 1.29 is 14.7 Å². The number of hydrogen-bond acceptors (Lipinski definition) is 3. The minimum Gasteiger partial charge on any atom is -0.503 e. The standard InChI is InChI=1S/C25H26N2O3/c1-3-15-27-23(19-16-26(2)20-12-8-7-11-18(19)20)22(24(29)25(27)30)21(28)14-13-17-9-5-4-6-10-17/h4-12,16,23,29H,3,13-15H2,1-2H3. The molecule has 1 N–H and O–H groups in total. The number of para-hydroxylation sites is 1. The summed E-state index contributed by atoms with van der Waals surface area (Å²) in [5.74, 6) is -1.04. The summed E-state index contributed by atoms with van der Waals surface area (Å²) in [5, 5.41) is 11.7. The largest absolute Gasteiger partial charge is 0.503 e. The van der Waals surface area contributed by atoms with Crippen LogP contribution in [-0.2, 0) is 23.1 Å². The van der Waals surface area contributed by atoms with Crippen molar-refractivity contribution >= 4 is 22.6 Å². The van der Waals surface area contributed by atoms with Crippen molar-refractivity contribution in [2.75, 3.05) is 6.54 Å². The molecule has 30 heavy (non-hydrogen) atoms. The van der Waals surface area contributed by atoms with E-state index < -0.39 is 17.7 Å². The monoisotopic (exact) mass is 402 g/mol. The number of rotatable bonds is 7. The zero-order valence-electron chi connectivity index (χ0n) is 17.3. The maximum absolute atomic E-state index is 13.2. The smallest absolute Gasteiger partial charge is 0.290 e. The van der Waals surface area contributed by atoms with E-state index in [0.717, 1.165) is 28.5 Å². The molecule has 1 aromatic heterocycles. The SMILES string of the molecule is CCCN1C(=O)C(O)=C(C(=O)CCc2ccccc2)C1c1cn(C)c2ccccc12. The summed E-state index contributed by atoms with van der Waals surface area (Å²) in [7, 11) is 1.95. The van der Waals surface area contributed by atoms with Gasteiger partial charge in [-0.3, -0.25) is 9.59 Å². The van der Waals surface area contributed by atoms with Crippen LogP contribution in [0.2, 0.25) is 0 Å². The van der Waals surface area contributed by atoms with Gasteiger partial charge in [0.15, 0.2) is 11.5 Å². The van der Waals surface area contributed by atoms with Gasteiger partial charge in [0.25, 0.3) is 5.91 Å². The normalized spacial score (nSPS) is 16.7. The first-order valence-corrected chi connectivity index (χ1v) is 10.4. The maximum atomic E-state index is 13.2. The number of aliphatic hydroxyl groups excluding tert-OH is 1. The lowest BCUT2D eigenvalue weighted by molar-refractivity contribution is -0.129. The van der Waals surface area contributed by atoms with E-state index in [1.807, 2.05) is 79.3 Å². The molecule has 0 radical (unpaired) electrons. The van der Waals surface area contributed by atoms with Crippen molar-refractivity contribution in [3.63, 3.8) is 0 Å². The summed E-state index contributed by atoms with van der Waals surface area (Å²) in [4.78, 5) is 27.7. The Labute approximate surface area is 176 Å². The number of carbonyl (C=O) groups excluding carboxylic acids is 2. The van der Waals surface area contributed by atoms with Gasteiger partial charge >= 0.3 is 0 Å². The Kier molecular flexibility index (Phi) is 5.44. The molecule has 0 saturated heterocycles. The lowest BCUT2D eigenvalue weighted by Gasteiger charge is -2.26. The molecule has 2 aromatic carbocycles. The highest BCUT2D eigenvalue weighted by molar-refractivity contribution is 6.09. The Hall–Kier alpha value is -3.34. The molecule has 2 heterocycles. The lowest BCUT2D eigenvalue weighted by Crippen LogP contribution is -2.31. The van der Waals surface area contributed by atoms with E-state index in [1.165, 1.54) is 0 Å². The zero-order chi connectivity index (χ0) is 21.3. The van der Waals surface area contributed by atoms with Crippen molar-refractivity contribution in [2.45, 2.75) is 32.2 Å². The van der Waals surface area contributed by atoms with Gasteiger partial charge in [-0.05, 0) is 24.5 Å². The van der Waals surface area contributed by atoms with Crippen LogP contribution in [0, 0.1) is 0 Å². The van der Waals surface area contributed by atoms with E-state index in [2.05, 4.69) is 0 Å². The third-order valence-corrected chi connectivity index (χ3v) is 5.77. The van der Waals surface area contributed by atoms with Gasteiger partial charge in [0.1, 0.15) is 0 Å². The zero-order valence-corrected chi connectivity index (χ0v) is 17.3. The number of ketones is 1. The molecule has 0 bridgehead atoms. The average Bonchev–Trinajstić information content (AvgIpc) is 3.22. The van der Waals surface area contributed by atoms with E-state index in [4.69, 9.17) is 0 Å². The summed E-state index contributed by atoms with van der Waals surface area (Å²) in [5.41, 5.74) is 3.18. The number of fused-ring (bicyclic) bond motifs is 1. The Morgan fingerprint density at radius 3 is 2.50 bits per heavy atom. The van der Waals surface area contributed by atoms with E-state index in [-0.39, 0.29) is 17.8 Å². The Balaban J connectivity index is 1.74. The molecule has 1 unspecified atom stereocenters. The molecule has 0 aliphatic carbocycles. The predicted molar refractivity (Wildman–Crippen MR) is 117 cm³/mol. The molecular formula is C25H26N2O3. The van der Waals surface area contributed by atoms with Crippen LogP contribution >= 0.6 is 0 Å². The summed E-state index contributed by atoms with van der Waals surface area (Å²) < 4.78 is 2.00. The Bertz CT molecular complexity index is 1130. The van der Waals surface area contributed by atoms with Gasteiger partial charge in [0, 0.05) is 42.7 Å². The molecule has 1 aliphatic rings. The van der Waals surface area contributed by atoms with Gasteiger partial charge in [-0.2, -0.15) is 0 Å². The number of aryl methyl sites for hydroxylation is 2. The molecule has 1 aliphatic heterocycles. The minimum absolute atomic E-state index is 0.179. The fourth-order valence-electron chi connectivity index (χ4n) is 4.36. The molecule has 4 rings (SSSR count). The van der Waals surface area contributed by atoms with Crippen molar-refractivity contribution in [3.8, 4) is 0 Å². The highest BCUT2D eigenvalue weighted by atomic mass is 16.3. The molecular weight excluding hydrogens is 376 g/mol. The summed E-state index contributed by atoms with van der Waals surface area (Å²) in [6, 6.07) is 17.2. The Morgan fingerprint density at radius 1 is 1.07 bits per heavy atom. The van der Waals surface area contributed by atoms with Crippen LogP contribution in [0.3, 0.4) is 0 Å². The summed E-state index contributed by atoms with van der Waals surface area (Å²) >= 11 is 0. The molecule has 0 spiro atoms. The first-order valence-electron chi connectivity index (χ1n) is 10.4. The number of benzene rings is 2. The first kappa shape index (κ1) is 20.0. The van der Waals surface area contributed by atoms with Gasteiger partial charge in [-0.15, -0.1) is 0 Å². The van der Waals surface area contributed by atoms with Crippen LogP contribution in [0.5, 0.6) is 0 Å². The fraction of sp³-hybridized carbons (Fsp3) is 0.280. The van der Waals surface area contributed by atoms with Crippen LogP contribution in [0.15, 0.2) is 72.1 Å². The molecule has 1 atom stereocenters. The number of carbonyl (C=O) groups is 2. The van der Waals surface area contributed by atoms with E-state index in [9.17, 15) is 14.7 Å². The van der Waals surface area contributed by atoms with Crippen LogP contribution in [-0.4, -0.2) is 32.8 Å². The second-order valence-electron chi connectivity index (χ2n) is 7.78. The highest BCUT2D eigenvalue weighted by Crippen LogP contribution is 2.41. The topological polar surface area (TPSA) is 62.5 Å². The van der Waals surface area contributed by atoms with Crippen molar-refractivity contribution in [2.24, 2.45) is 7.05 Å². The molecule has 154 valence electrons. The van der Waals surface area contributed by atoms with Crippen molar-refractivity contribution in [1.29, 1.82) is 0 Å². The first-order chi connectivity index (χ1) is 14.5. The van der Waals surface area contributed by atoms with E-state index >= 15 is 0 Å². The van der Waals surface area contributed by atoms with E-state index in [0.29, 0.717) is 13.0 Å². The number of aromatic nitrogens is 1. The van der Waals surface area contributed by atoms with Gasteiger partial charge in [-0.25, -0.2) is 0 Å². The third-order valence-electron chi connectivity index (χ3n) is 5.77. The van der Waals surface area contributed by atoms with Crippen LogP contribution in [0.1, 0.15) is 36.9 Å². The number of Topliss-reactive ketones (excluding diaryl/α,β-unsaturated/α-hetero) is 1. The van der Waals surface area contributed by atoms with Gasteiger partial charge in [-0.1, -0.05) is 55.5 Å². The highest BCUT2D eigenvalue weighted by Gasteiger charge is 2.43. The molecule has 3 aromatic rings. The molecule has 0 fully saturated rings. The second kappa shape index (κ2) is 8.19. The number of aliphatic hydroxyl groups is 1. The molecule has 5 heteroatoms. The number of amides is 1. The fourth-order valence-corrected chi connectivity index (χ4v) is 4.36. The van der Waals surface area contributed by atoms with Crippen molar-refractivity contribution in [1.82, 2.24) is 9.47 Å². The molecule has 0 saturated carbocycles. The average molecular weight is 402 g/mol. The second-order valence-corrected chi connectivity index (χ2v) is 7.78. The number of nitrogens with zero attached hydrogens (tertiary/aromatic N) is 2. The Morgan fingerprint density at radius 2 is 1.77 bits per heavy atom. The molecule has 1 amide bonds. The quantitative estimate of drug-likeness (QED) is 0.634. The van der Waals surface area contributed by atoms with Gasteiger partial charge < -0.3 is 14.6 Å². The third kappa shape index (κ3) is 3.41. The van der Waals surface area contributed by atoms with Crippen molar-refractivity contribution in [3.05, 3.63) is 83.3 Å². The van der Waals surface area contributed by atoms with Gasteiger partial charge in [0.05, 0.1) is 11.6 Å². The lowest BCUT2D eigenvalue weighted by atomic mass is 9.93. The predicted octanol–water partition coefficient (Wildman–Crippen LogP) is 4.49. The summed E-state index contributed by atoms with van der Waals surface area (Å²) in [6.07, 6.45) is 3.53. The van der Waals surface area contributed by atoms with Crippen LogP contribution < -0.4 is 0 Å². The minimum atomic E-state index is -0.563. The number of hydrogen-bond donors (Lipinski definition) is 1.